The lowest BCUT2D eigenvalue weighted by Gasteiger charge is -2.11. The molecule has 0 spiro atoms. The number of aryl methyl sites for hydroxylation is 1. The van der Waals surface area contributed by atoms with Crippen LogP contribution in [0, 0.1) is 6.92 Å². The predicted molar refractivity (Wildman–Crippen MR) is 116 cm³/mol. The van der Waals surface area contributed by atoms with Crippen molar-refractivity contribution in [3.8, 4) is 17.2 Å². The Labute approximate surface area is 179 Å². The van der Waals surface area contributed by atoms with Crippen LogP contribution in [-0.2, 0) is 6.61 Å². The number of pyridine rings is 2. The van der Waals surface area contributed by atoms with E-state index < -0.39 is 5.91 Å². The number of carbonyl (C=O) groups excluding carboxylic acids is 1. The quantitative estimate of drug-likeness (QED) is 0.494. The zero-order valence-electron chi connectivity index (χ0n) is 17.1. The molecule has 0 atom stereocenters. The van der Waals surface area contributed by atoms with Crippen molar-refractivity contribution in [2.45, 2.75) is 13.5 Å². The van der Waals surface area contributed by atoms with Crippen LogP contribution in [0.4, 0.5) is 5.82 Å². The highest BCUT2D eigenvalue weighted by Crippen LogP contribution is 2.25. The van der Waals surface area contributed by atoms with Crippen molar-refractivity contribution < 1.29 is 14.3 Å². The molecule has 8 heteroatoms. The Kier molecular flexibility index (Phi) is 5.89. The van der Waals surface area contributed by atoms with Crippen molar-refractivity contribution in [2.24, 2.45) is 0 Å². The normalized spacial score (nSPS) is 10.5. The zero-order valence-corrected chi connectivity index (χ0v) is 17.1. The van der Waals surface area contributed by atoms with Gasteiger partial charge in [0, 0.05) is 24.8 Å². The van der Waals surface area contributed by atoms with Crippen molar-refractivity contribution >= 4 is 11.7 Å². The van der Waals surface area contributed by atoms with Gasteiger partial charge in [0.2, 0.25) is 0 Å². The summed E-state index contributed by atoms with van der Waals surface area (Å²) in [7, 11) is 1.60. The maximum absolute atomic E-state index is 12.8. The summed E-state index contributed by atoms with van der Waals surface area (Å²) in [4.78, 5) is 21.0. The molecule has 1 aromatic carbocycles. The smallest absolute Gasteiger partial charge is 0.277 e. The zero-order chi connectivity index (χ0) is 21.6. The highest BCUT2D eigenvalue weighted by Gasteiger charge is 2.15. The number of rotatable bonds is 7. The average molecular weight is 415 g/mol. The fourth-order valence-corrected chi connectivity index (χ4v) is 2.97. The minimum absolute atomic E-state index is 0.245. The summed E-state index contributed by atoms with van der Waals surface area (Å²) in [6, 6.07) is 14.6. The van der Waals surface area contributed by atoms with E-state index in [1.165, 1.54) is 0 Å². The minimum atomic E-state index is -0.391. The summed E-state index contributed by atoms with van der Waals surface area (Å²) in [6.45, 7) is 2.31. The molecule has 1 amide bonds. The standard InChI is InChI=1S/C23H21N5O3/c1-16-5-6-20(30-2)19(14-16)28-13-9-18(27-28)23(29)26-22-21(4-3-10-25-22)31-15-17-7-11-24-12-8-17/h3-14H,15H2,1-2H3,(H,25,26,29). The van der Waals surface area contributed by atoms with Crippen LogP contribution in [0.1, 0.15) is 21.6 Å². The molecule has 0 radical (unpaired) electrons. The third kappa shape index (κ3) is 4.69. The maximum atomic E-state index is 12.8. The van der Waals surface area contributed by atoms with Crippen LogP contribution in [0.3, 0.4) is 0 Å². The van der Waals surface area contributed by atoms with Crippen LogP contribution in [0.2, 0.25) is 0 Å². The summed E-state index contributed by atoms with van der Waals surface area (Å²) >= 11 is 0. The van der Waals surface area contributed by atoms with Gasteiger partial charge in [0.05, 0.1) is 7.11 Å². The molecule has 0 fully saturated rings. The number of aromatic nitrogens is 4. The second-order valence-corrected chi connectivity index (χ2v) is 6.77. The molecule has 156 valence electrons. The van der Waals surface area contributed by atoms with E-state index in [4.69, 9.17) is 9.47 Å². The molecular formula is C23H21N5O3. The number of nitrogens with one attached hydrogen (secondary N) is 1. The largest absolute Gasteiger partial charge is 0.494 e. The van der Waals surface area contributed by atoms with Gasteiger partial charge >= 0.3 is 0 Å². The maximum Gasteiger partial charge on any atom is 0.277 e. The SMILES string of the molecule is COc1ccc(C)cc1-n1ccc(C(=O)Nc2ncccc2OCc2ccncc2)n1. The first kappa shape index (κ1) is 20.1. The second kappa shape index (κ2) is 9.08. The first-order chi connectivity index (χ1) is 15.1. The molecule has 0 aliphatic heterocycles. The van der Waals surface area contributed by atoms with E-state index in [9.17, 15) is 4.79 Å². The molecule has 1 N–H and O–H groups in total. The first-order valence-corrected chi connectivity index (χ1v) is 9.63. The Balaban J connectivity index is 1.50. The van der Waals surface area contributed by atoms with Gasteiger partial charge < -0.3 is 14.8 Å². The predicted octanol–water partition coefficient (Wildman–Crippen LogP) is 3.81. The van der Waals surface area contributed by atoms with Crippen LogP contribution >= 0.6 is 0 Å². The number of amides is 1. The van der Waals surface area contributed by atoms with Gasteiger partial charge in [-0.1, -0.05) is 6.07 Å². The van der Waals surface area contributed by atoms with Gasteiger partial charge in [0.15, 0.2) is 17.3 Å². The highest BCUT2D eigenvalue weighted by atomic mass is 16.5. The summed E-state index contributed by atoms with van der Waals surface area (Å²) in [6.07, 6.45) is 6.70. The van der Waals surface area contributed by atoms with Crippen LogP contribution in [0.25, 0.3) is 5.69 Å². The molecule has 0 saturated heterocycles. The molecule has 31 heavy (non-hydrogen) atoms. The van der Waals surface area contributed by atoms with Gasteiger partial charge in [0.1, 0.15) is 18.0 Å². The lowest BCUT2D eigenvalue weighted by Crippen LogP contribution is -2.15. The fraction of sp³-hybridized carbons (Fsp3) is 0.130. The van der Waals surface area contributed by atoms with Crippen LogP contribution in [0.15, 0.2) is 73.3 Å². The number of nitrogens with zero attached hydrogens (tertiary/aromatic N) is 4. The Bertz CT molecular complexity index is 1190. The van der Waals surface area contributed by atoms with Crippen molar-refractivity contribution in [3.63, 3.8) is 0 Å². The van der Waals surface area contributed by atoms with E-state index in [1.807, 2.05) is 37.3 Å². The summed E-state index contributed by atoms with van der Waals surface area (Å²) in [5.74, 6) is 1.06. The molecule has 4 rings (SSSR count). The number of benzene rings is 1. The topological polar surface area (TPSA) is 91.2 Å². The number of methoxy groups -OCH3 is 1. The summed E-state index contributed by atoms with van der Waals surface area (Å²) in [5.41, 5.74) is 3.01. The molecule has 0 bridgehead atoms. The summed E-state index contributed by atoms with van der Waals surface area (Å²) in [5, 5.41) is 7.17. The van der Waals surface area contributed by atoms with Crippen LogP contribution in [0.5, 0.6) is 11.5 Å². The molecule has 0 saturated carbocycles. The second-order valence-electron chi connectivity index (χ2n) is 6.77. The van der Waals surface area contributed by atoms with Gasteiger partial charge in [-0.05, 0) is 60.5 Å². The summed E-state index contributed by atoms with van der Waals surface area (Å²) < 4.78 is 12.8. The third-order valence-electron chi connectivity index (χ3n) is 4.55. The molecule has 0 unspecified atom stereocenters. The van der Waals surface area contributed by atoms with E-state index in [1.54, 1.807) is 54.8 Å². The molecule has 0 aliphatic carbocycles. The Hall–Kier alpha value is -4.20. The Morgan fingerprint density at radius 3 is 2.71 bits per heavy atom. The average Bonchev–Trinajstić information content (AvgIpc) is 3.29. The van der Waals surface area contributed by atoms with Gasteiger partial charge in [-0.15, -0.1) is 0 Å². The molecule has 8 nitrogen and oxygen atoms in total. The van der Waals surface area contributed by atoms with Crippen LogP contribution in [-0.4, -0.2) is 32.8 Å². The minimum Gasteiger partial charge on any atom is -0.494 e. The molecular weight excluding hydrogens is 394 g/mol. The van der Waals surface area contributed by atoms with Gasteiger partial charge in [-0.25, -0.2) is 9.67 Å². The third-order valence-corrected chi connectivity index (χ3v) is 4.55. The van der Waals surface area contributed by atoms with Gasteiger partial charge in [-0.3, -0.25) is 9.78 Å². The number of carbonyl (C=O) groups is 1. The molecule has 3 aromatic heterocycles. The van der Waals surface area contributed by atoms with Crippen molar-refractivity contribution in [2.75, 3.05) is 12.4 Å². The fourth-order valence-electron chi connectivity index (χ4n) is 2.97. The lowest BCUT2D eigenvalue weighted by molar-refractivity contribution is 0.102. The van der Waals surface area contributed by atoms with E-state index >= 15 is 0 Å². The molecule has 0 aliphatic rings. The van der Waals surface area contributed by atoms with E-state index in [0.717, 1.165) is 16.8 Å². The first-order valence-electron chi connectivity index (χ1n) is 9.63. The molecule has 3 heterocycles. The number of hydrogen-bond donors (Lipinski definition) is 1. The van der Waals surface area contributed by atoms with Crippen molar-refractivity contribution in [1.29, 1.82) is 0 Å². The Morgan fingerprint density at radius 2 is 1.90 bits per heavy atom. The monoisotopic (exact) mass is 415 g/mol. The highest BCUT2D eigenvalue weighted by molar-refractivity contribution is 6.03. The van der Waals surface area contributed by atoms with Gasteiger partial charge in [-0.2, -0.15) is 5.10 Å². The van der Waals surface area contributed by atoms with Crippen LogP contribution < -0.4 is 14.8 Å². The number of hydrogen-bond acceptors (Lipinski definition) is 6. The van der Waals surface area contributed by atoms with Gasteiger partial charge in [0.25, 0.3) is 5.91 Å². The van der Waals surface area contributed by atoms with E-state index in [2.05, 4.69) is 20.4 Å². The molecule has 4 aromatic rings. The van der Waals surface area contributed by atoms with E-state index in [0.29, 0.717) is 23.9 Å². The van der Waals surface area contributed by atoms with Crippen molar-refractivity contribution in [1.82, 2.24) is 19.7 Å². The number of ether oxygens (including phenoxy) is 2. The number of anilines is 1. The van der Waals surface area contributed by atoms with E-state index in [-0.39, 0.29) is 5.69 Å². The lowest BCUT2D eigenvalue weighted by atomic mass is 10.2. The Morgan fingerprint density at radius 1 is 1.06 bits per heavy atom. The van der Waals surface area contributed by atoms with Crippen molar-refractivity contribution in [3.05, 3.63) is 90.1 Å².